The normalized spacial score (nSPS) is 12.0. The van der Waals surface area contributed by atoms with Gasteiger partial charge in [0.05, 0.1) is 33.6 Å². The number of hydrogen-bond acceptors (Lipinski definition) is 4. The van der Waals surface area contributed by atoms with E-state index in [9.17, 15) is 4.79 Å². The van der Waals surface area contributed by atoms with E-state index in [-0.39, 0.29) is 5.91 Å². The van der Waals surface area contributed by atoms with Gasteiger partial charge in [0.15, 0.2) is 4.80 Å². The molecule has 0 N–H and O–H groups in total. The lowest BCUT2D eigenvalue weighted by molar-refractivity contribution is 0.0999. The number of methoxy groups -OCH3 is 1. The Bertz CT molecular complexity index is 1490. The van der Waals surface area contributed by atoms with Crippen molar-refractivity contribution < 1.29 is 9.53 Å². The number of thiazole rings is 1. The summed E-state index contributed by atoms with van der Waals surface area (Å²) >= 11 is 1.51. The monoisotopic (exact) mass is 439 g/mol. The molecule has 5 rings (SSSR count). The van der Waals surface area contributed by atoms with Crippen molar-refractivity contribution >= 4 is 38.4 Å². The molecule has 2 aromatic heterocycles. The third-order valence-electron chi connectivity index (χ3n) is 5.32. The molecule has 1 amide bonds. The van der Waals surface area contributed by atoms with E-state index in [0.717, 1.165) is 32.4 Å². The largest absolute Gasteiger partial charge is 0.383 e. The van der Waals surface area contributed by atoms with Crippen LogP contribution in [0.3, 0.4) is 0 Å². The fourth-order valence-electron chi connectivity index (χ4n) is 3.76. The first-order valence-electron chi connectivity index (χ1n) is 10.4. The fraction of sp³-hybridized carbons (Fsp3) is 0.115. The summed E-state index contributed by atoms with van der Waals surface area (Å²) in [5, 5.41) is 0.797. The van der Waals surface area contributed by atoms with E-state index >= 15 is 0 Å². The molecule has 0 saturated carbocycles. The zero-order valence-corrected chi connectivity index (χ0v) is 18.4. The molecule has 0 aliphatic heterocycles. The molecular weight excluding hydrogens is 418 g/mol. The van der Waals surface area contributed by atoms with Crippen LogP contribution in [0.15, 0.2) is 89.9 Å². The van der Waals surface area contributed by atoms with Gasteiger partial charge >= 0.3 is 0 Å². The van der Waals surface area contributed by atoms with Gasteiger partial charge in [-0.2, -0.15) is 4.99 Å². The van der Waals surface area contributed by atoms with Gasteiger partial charge in [0.25, 0.3) is 5.91 Å². The van der Waals surface area contributed by atoms with E-state index in [1.807, 2.05) is 89.5 Å². The van der Waals surface area contributed by atoms with Gasteiger partial charge in [-0.1, -0.05) is 72.0 Å². The van der Waals surface area contributed by atoms with Crippen LogP contribution in [0.25, 0.3) is 32.4 Å². The van der Waals surface area contributed by atoms with E-state index in [1.165, 1.54) is 11.3 Å². The first-order chi connectivity index (χ1) is 15.7. The average Bonchev–Trinajstić information content (AvgIpc) is 3.19. The van der Waals surface area contributed by atoms with Crippen LogP contribution in [-0.2, 0) is 11.3 Å². The maximum Gasteiger partial charge on any atom is 0.280 e. The Morgan fingerprint density at radius 1 is 1.00 bits per heavy atom. The van der Waals surface area contributed by atoms with Crippen molar-refractivity contribution in [2.45, 2.75) is 6.54 Å². The van der Waals surface area contributed by atoms with Gasteiger partial charge in [-0.25, -0.2) is 4.98 Å². The van der Waals surface area contributed by atoms with Crippen molar-refractivity contribution in [2.24, 2.45) is 4.99 Å². The van der Waals surface area contributed by atoms with Gasteiger partial charge in [-0.15, -0.1) is 0 Å². The maximum absolute atomic E-state index is 13.5. The van der Waals surface area contributed by atoms with Crippen LogP contribution < -0.4 is 4.80 Å². The zero-order valence-electron chi connectivity index (χ0n) is 17.6. The SMILES string of the molecule is COCCn1c(=NC(=O)c2cc(-c3ccccc3)nc3ccccc23)sc2ccccc21. The highest BCUT2D eigenvalue weighted by atomic mass is 32.1. The van der Waals surface area contributed by atoms with Crippen LogP contribution in [0.2, 0.25) is 0 Å². The summed E-state index contributed by atoms with van der Waals surface area (Å²) in [7, 11) is 1.67. The third-order valence-corrected chi connectivity index (χ3v) is 6.38. The lowest BCUT2D eigenvalue weighted by Crippen LogP contribution is -2.19. The molecule has 0 radical (unpaired) electrons. The fourth-order valence-corrected chi connectivity index (χ4v) is 4.82. The van der Waals surface area contributed by atoms with Crippen LogP contribution in [-0.4, -0.2) is 29.2 Å². The van der Waals surface area contributed by atoms with Crippen LogP contribution in [0, 0.1) is 0 Å². The van der Waals surface area contributed by atoms with Crippen LogP contribution in [0.5, 0.6) is 0 Å². The Hall–Kier alpha value is -3.61. The number of aromatic nitrogens is 2. The molecule has 0 unspecified atom stereocenters. The van der Waals surface area contributed by atoms with Crippen LogP contribution in [0.4, 0.5) is 0 Å². The van der Waals surface area contributed by atoms with Crippen LogP contribution >= 0.6 is 11.3 Å². The average molecular weight is 440 g/mol. The molecule has 5 nitrogen and oxygen atoms in total. The van der Waals surface area contributed by atoms with E-state index < -0.39 is 0 Å². The topological polar surface area (TPSA) is 56.5 Å². The number of carbonyl (C=O) groups is 1. The minimum absolute atomic E-state index is 0.279. The number of amides is 1. The number of carbonyl (C=O) groups excluding carboxylic acids is 1. The molecule has 3 aromatic carbocycles. The summed E-state index contributed by atoms with van der Waals surface area (Å²) in [6.07, 6.45) is 0. The smallest absolute Gasteiger partial charge is 0.280 e. The quantitative estimate of drug-likeness (QED) is 0.373. The summed E-state index contributed by atoms with van der Waals surface area (Å²) in [6.45, 7) is 1.16. The lowest BCUT2D eigenvalue weighted by Gasteiger charge is -2.08. The minimum Gasteiger partial charge on any atom is -0.383 e. The Kier molecular flexibility index (Phi) is 5.62. The molecule has 0 atom stereocenters. The van der Waals surface area contributed by atoms with Gasteiger partial charge in [0.2, 0.25) is 0 Å². The van der Waals surface area contributed by atoms with Gasteiger partial charge in [0.1, 0.15) is 0 Å². The van der Waals surface area contributed by atoms with Gasteiger partial charge in [-0.3, -0.25) is 4.79 Å². The van der Waals surface area contributed by atoms with Crippen molar-refractivity contribution in [2.75, 3.05) is 13.7 Å². The number of para-hydroxylation sites is 2. The van der Waals surface area contributed by atoms with Gasteiger partial charge < -0.3 is 9.30 Å². The highest BCUT2D eigenvalue weighted by Crippen LogP contribution is 2.25. The lowest BCUT2D eigenvalue weighted by atomic mass is 10.0. The van der Waals surface area contributed by atoms with Gasteiger partial charge in [0, 0.05) is 24.6 Å². The van der Waals surface area contributed by atoms with Gasteiger partial charge in [-0.05, 0) is 24.3 Å². The minimum atomic E-state index is -0.279. The summed E-state index contributed by atoms with van der Waals surface area (Å²) in [6, 6.07) is 27.5. The molecule has 32 heavy (non-hydrogen) atoms. The summed E-state index contributed by atoms with van der Waals surface area (Å²) in [5.41, 5.74) is 4.09. The van der Waals surface area contributed by atoms with Crippen molar-refractivity contribution in [1.82, 2.24) is 9.55 Å². The van der Waals surface area contributed by atoms with Crippen molar-refractivity contribution in [3.8, 4) is 11.3 Å². The second-order valence-corrected chi connectivity index (χ2v) is 8.36. The molecule has 0 spiro atoms. The molecule has 0 bridgehead atoms. The second kappa shape index (κ2) is 8.86. The van der Waals surface area contributed by atoms with Crippen molar-refractivity contribution in [3.63, 3.8) is 0 Å². The number of benzene rings is 3. The Morgan fingerprint density at radius 2 is 1.75 bits per heavy atom. The highest BCUT2D eigenvalue weighted by molar-refractivity contribution is 7.16. The van der Waals surface area contributed by atoms with Crippen LogP contribution in [0.1, 0.15) is 10.4 Å². The molecule has 0 fully saturated rings. The molecule has 0 aliphatic rings. The van der Waals surface area contributed by atoms with E-state index in [1.54, 1.807) is 7.11 Å². The molecule has 5 aromatic rings. The zero-order chi connectivity index (χ0) is 21.9. The number of pyridine rings is 1. The molecule has 6 heteroatoms. The molecule has 0 aliphatic carbocycles. The molecule has 0 saturated heterocycles. The molecular formula is C26H21N3O2S. The summed E-state index contributed by atoms with van der Waals surface area (Å²) < 4.78 is 8.41. The molecule has 2 heterocycles. The Labute approximate surface area is 189 Å². The van der Waals surface area contributed by atoms with E-state index in [0.29, 0.717) is 23.5 Å². The van der Waals surface area contributed by atoms with Crippen molar-refractivity contribution in [1.29, 1.82) is 0 Å². The number of hydrogen-bond donors (Lipinski definition) is 0. The third kappa shape index (κ3) is 3.86. The number of rotatable bonds is 5. The predicted octanol–water partition coefficient (Wildman–Crippen LogP) is 5.31. The Balaban J connectivity index is 1.68. The Morgan fingerprint density at radius 3 is 2.59 bits per heavy atom. The number of ether oxygens (including phenoxy) is 1. The van der Waals surface area contributed by atoms with E-state index in [2.05, 4.69) is 4.99 Å². The standard InChI is InChI=1S/C26H21N3O2S/c1-31-16-15-29-23-13-7-8-14-24(23)32-26(29)28-25(30)20-17-22(18-9-3-2-4-10-18)27-21-12-6-5-11-19(20)21/h2-14,17H,15-16H2,1H3. The number of nitrogens with zero attached hydrogens (tertiary/aromatic N) is 3. The van der Waals surface area contributed by atoms with Crippen molar-refractivity contribution in [3.05, 3.63) is 95.3 Å². The summed E-state index contributed by atoms with van der Waals surface area (Å²) in [4.78, 5) is 23.5. The molecule has 158 valence electrons. The first-order valence-corrected chi connectivity index (χ1v) is 11.2. The van der Waals surface area contributed by atoms with E-state index in [4.69, 9.17) is 9.72 Å². The highest BCUT2D eigenvalue weighted by Gasteiger charge is 2.15. The summed E-state index contributed by atoms with van der Waals surface area (Å²) in [5.74, 6) is -0.279. The predicted molar refractivity (Wildman–Crippen MR) is 129 cm³/mol. The second-order valence-electron chi connectivity index (χ2n) is 7.35. The first kappa shape index (κ1) is 20.3. The maximum atomic E-state index is 13.5. The number of fused-ring (bicyclic) bond motifs is 2.